The summed E-state index contributed by atoms with van der Waals surface area (Å²) >= 11 is 0. The number of methoxy groups -OCH3 is 1. The predicted octanol–water partition coefficient (Wildman–Crippen LogP) is 2.42. The molecule has 0 aliphatic carbocycles. The second kappa shape index (κ2) is 6.43. The van der Waals surface area contributed by atoms with Crippen molar-refractivity contribution in [2.45, 2.75) is 6.42 Å². The summed E-state index contributed by atoms with van der Waals surface area (Å²) in [5.41, 5.74) is 0. The van der Waals surface area contributed by atoms with Crippen molar-refractivity contribution in [3.05, 3.63) is 42.7 Å². The SMILES string of the molecule is COc1cccnc1N1CCC(CNc2ccccn2)C1. The first-order valence-corrected chi connectivity index (χ1v) is 7.25. The van der Waals surface area contributed by atoms with Crippen LogP contribution < -0.4 is 15.0 Å². The van der Waals surface area contributed by atoms with Gasteiger partial charge in [0.05, 0.1) is 7.11 Å². The van der Waals surface area contributed by atoms with Gasteiger partial charge in [-0.05, 0) is 36.6 Å². The fourth-order valence-corrected chi connectivity index (χ4v) is 2.69. The Labute approximate surface area is 125 Å². The Hall–Kier alpha value is -2.30. The Balaban J connectivity index is 1.58. The Kier molecular flexibility index (Phi) is 4.19. The van der Waals surface area contributed by atoms with Crippen molar-refractivity contribution in [3.63, 3.8) is 0 Å². The topological polar surface area (TPSA) is 50.3 Å². The molecule has 0 bridgehead atoms. The second-order valence-electron chi connectivity index (χ2n) is 5.23. The van der Waals surface area contributed by atoms with E-state index in [-0.39, 0.29) is 0 Å². The number of hydrogen-bond acceptors (Lipinski definition) is 5. The molecule has 0 radical (unpaired) electrons. The maximum atomic E-state index is 5.39. The summed E-state index contributed by atoms with van der Waals surface area (Å²) in [4.78, 5) is 11.0. The van der Waals surface area contributed by atoms with Crippen molar-refractivity contribution in [2.24, 2.45) is 5.92 Å². The molecule has 3 rings (SSSR count). The van der Waals surface area contributed by atoms with Gasteiger partial charge in [-0.1, -0.05) is 6.07 Å². The predicted molar refractivity (Wildman–Crippen MR) is 83.8 cm³/mol. The van der Waals surface area contributed by atoms with Gasteiger partial charge in [0.25, 0.3) is 0 Å². The van der Waals surface area contributed by atoms with Crippen molar-refractivity contribution >= 4 is 11.6 Å². The highest BCUT2D eigenvalue weighted by Crippen LogP contribution is 2.29. The lowest BCUT2D eigenvalue weighted by Gasteiger charge is -2.19. The van der Waals surface area contributed by atoms with Gasteiger partial charge in [-0.25, -0.2) is 9.97 Å². The van der Waals surface area contributed by atoms with Crippen LogP contribution in [0.3, 0.4) is 0 Å². The number of aromatic nitrogens is 2. The van der Waals surface area contributed by atoms with Crippen LogP contribution >= 0.6 is 0 Å². The van der Waals surface area contributed by atoms with E-state index in [0.29, 0.717) is 5.92 Å². The molecule has 3 heterocycles. The fourth-order valence-electron chi connectivity index (χ4n) is 2.69. The third-order valence-corrected chi connectivity index (χ3v) is 3.79. The lowest BCUT2D eigenvalue weighted by molar-refractivity contribution is 0.413. The van der Waals surface area contributed by atoms with Crippen LogP contribution in [0.1, 0.15) is 6.42 Å². The van der Waals surface area contributed by atoms with Crippen molar-refractivity contribution in [2.75, 3.05) is 37.0 Å². The van der Waals surface area contributed by atoms with Gasteiger partial charge in [0.2, 0.25) is 0 Å². The van der Waals surface area contributed by atoms with Crippen LogP contribution in [0.15, 0.2) is 42.7 Å². The molecule has 0 saturated carbocycles. The second-order valence-corrected chi connectivity index (χ2v) is 5.23. The van der Waals surface area contributed by atoms with Crippen LogP contribution in [0.25, 0.3) is 0 Å². The Bertz CT molecular complexity index is 575. The summed E-state index contributed by atoms with van der Waals surface area (Å²) in [6, 6.07) is 9.78. The molecule has 5 heteroatoms. The molecule has 0 spiro atoms. The number of anilines is 2. The van der Waals surface area contributed by atoms with E-state index in [1.54, 1.807) is 7.11 Å². The zero-order chi connectivity index (χ0) is 14.5. The first kappa shape index (κ1) is 13.7. The Morgan fingerprint density at radius 2 is 2.14 bits per heavy atom. The van der Waals surface area contributed by atoms with E-state index in [9.17, 15) is 0 Å². The lowest BCUT2D eigenvalue weighted by Crippen LogP contribution is -2.23. The summed E-state index contributed by atoms with van der Waals surface area (Å²) in [6.45, 7) is 2.94. The minimum Gasteiger partial charge on any atom is -0.493 e. The number of nitrogens with zero attached hydrogens (tertiary/aromatic N) is 3. The first-order chi connectivity index (χ1) is 10.4. The monoisotopic (exact) mass is 284 g/mol. The Morgan fingerprint density at radius 1 is 1.24 bits per heavy atom. The molecule has 0 aromatic carbocycles. The van der Waals surface area contributed by atoms with Gasteiger partial charge in [0, 0.05) is 32.0 Å². The number of nitrogens with one attached hydrogen (secondary N) is 1. The summed E-state index contributed by atoms with van der Waals surface area (Å²) in [5, 5.41) is 3.40. The van der Waals surface area contributed by atoms with Crippen LogP contribution in [0.2, 0.25) is 0 Å². The molecule has 2 aromatic rings. The van der Waals surface area contributed by atoms with Crippen LogP contribution in [0.5, 0.6) is 5.75 Å². The zero-order valence-corrected chi connectivity index (χ0v) is 12.2. The zero-order valence-electron chi connectivity index (χ0n) is 12.2. The summed E-state index contributed by atoms with van der Waals surface area (Å²) in [6.07, 6.45) is 4.78. The molecular weight excluding hydrogens is 264 g/mol. The van der Waals surface area contributed by atoms with Gasteiger partial charge >= 0.3 is 0 Å². The molecule has 21 heavy (non-hydrogen) atoms. The van der Waals surface area contributed by atoms with Crippen molar-refractivity contribution in [1.29, 1.82) is 0 Å². The van der Waals surface area contributed by atoms with Gasteiger partial charge in [-0.3, -0.25) is 0 Å². The smallest absolute Gasteiger partial charge is 0.171 e. The third-order valence-electron chi connectivity index (χ3n) is 3.79. The van der Waals surface area contributed by atoms with Crippen molar-refractivity contribution in [3.8, 4) is 5.75 Å². The van der Waals surface area contributed by atoms with E-state index in [4.69, 9.17) is 4.74 Å². The molecule has 1 N–H and O–H groups in total. The molecule has 1 saturated heterocycles. The molecule has 1 aliphatic rings. The lowest BCUT2D eigenvalue weighted by atomic mass is 10.1. The first-order valence-electron chi connectivity index (χ1n) is 7.25. The quantitative estimate of drug-likeness (QED) is 0.914. The summed E-state index contributed by atoms with van der Waals surface area (Å²) in [5.74, 6) is 3.32. The number of hydrogen-bond donors (Lipinski definition) is 1. The van der Waals surface area contributed by atoms with E-state index in [0.717, 1.165) is 43.4 Å². The normalized spacial score (nSPS) is 17.8. The largest absolute Gasteiger partial charge is 0.493 e. The van der Waals surface area contributed by atoms with E-state index in [2.05, 4.69) is 20.2 Å². The van der Waals surface area contributed by atoms with Gasteiger partial charge < -0.3 is 15.0 Å². The molecule has 0 amide bonds. The highest BCUT2D eigenvalue weighted by atomic mass is 16.5. The van der Waals surface area contributed by atoms with Crippen LogP contribution in [-0.2, 0) is 0 Å². The van der Waals surface area contributed by atoms with Crippen LogP contribution in [0.4, 0.5) is 11.6 Å². The summed E-state index contributed by atoms with van der Waals surface area (Å²) < 4.78 is 5.39. The van der Waals surface area contributed by atoms with Gasteiger partial charge in [0.15, 0.2) is 11.6 Å². The molecule has 2 aromatic heterocycles. The van der Waals surface area contributed by atoms with Crippen molar-refractivity contribution < 1.29 is 4.74 Å². The molecule has 1 aliphatic heterocycles. The highest BCUT2D eigenvalue weighted by Gasteiger charge is 2.25. The van der Waals surface area contributed by atoms with E-state index >= 15 is 0 Å². The molecule has 5 nitrogen and oxygen atoms in total. The molecule has 1 unspecified atom stereocenters. The number of rotatable bonds is 5. The third kappa shape index (κ3) is 3.24. The fraction of sp³-hybridized carbons (Fsp3) is 0.375. The minimum absolute atomic E-state index is 0.596. The average Bonchev–Trinajstić information content (AvgIpc) is 3.02. The van der Waals surface area contributed by atoms with E-state index in [1.807, 2.05) is 42.7 Å². The Morgan fingerprint density at radius 3 is 2.95 bits per heavy atom. The van der Waals surface area contributed by atoms with Gasteiger partial charge in [-0.15, -0.1) is 0 Å². The van der Waals surface area contributed by atoms with Gasteiger partial charge in [0.1, 0.15) is 5.82 Å². The van der Waals surface area contributed by atoms with E-state index < -0.39 is 0 Å². The maximum absolute atomic E-state index is 5.39. The molecular formula is C16H20N4O. The van der Waals surface area contributed by atoms with Crippen LogP contribution in [-0.4, -0.2) is 36.7 Å². The van der Waals surface area contributed by atoms with Crippen molar-refractivity contribution in [1.82, 2.24) is 9.97 Å². The highest BCUT2D eigenvalue weighted by molar-refractivity contribution is 5.52. The van der Waals surface area contributed by atoms with Gasteiger partial charge in [-0.2, -0.15) is 0 Å². The maximum Gasteiger partial charge on any atom is 0.171 e. The summed E-state index contributed by atoms with van der Waals surface area (Å²) in [7, 11) is 1.69. The molecule has 1 fully saturated rings. The average molecular weight is 284 g/mol. The standard InChI is InChI=1S/C16H20N4O/c1-21-14-5-4-9-18-16(14)20-10-7-13(12-20)11-19-15-6-2-3-8-17-15/h2-6,8-9,13H,7,10-12H2,1H3,(H,17,19). The minimum atomic E-state index is 0.596. The number of pyridine rings is 2. The van der Waals surface area contributed by atoms with E-state index in [1.165, 1.54) is 0 Å². The molecule has 1 atom stereocenters. The van der Waals surface area contributed by atoms with Crippen LogP contribution in [0, 0.1) is 5.92 Å². The molecule has 110 valence electrons. The number of ether oxygens (including phenoxy) is 1.